The third-order valence-electron chi connectivity index (χ3n) is 3.36. The molecule has 0 aliphatic carbocycles. The lowest BCUT2D eigenvalue weighted by Gasteiger charge is -2.20. The Balaban J connectivity index is 2.14. The summed E-state index contributed by atoms with van der Waals surface area (Å²) in [6, 6.07) is 5.22. The molecule has 2 aromatic rings. The van der Waals surface area contributed by atoms with Crippen LogP contribution in [-0.2, 0) is 0 Å². The second kappa shape index (κ2) is 8.85. The molecule has 5 nitrogen and oxygen atoms in total. The predicted octanol–water partition coefficient (Wildman–Crippen LogP) is 4.79. The van der Waals surface area contributed by atoms with Crippen molar-refractivity contribution < 1.29 is 4.79 Å². The number of hydrogen-bond donors (Lipinski definition) is 1. The van der Waals surface area contributed by atoms with E-state index in [4.69, 9.17) is 23.2 Å². The van der Waals surface area contributed by atoms with Crippen molar-refractivity contribution in [1.29, 1.82) is 0 Å². The van der Waals surface area contributed by atoms with Gasteiger partial charge in [0.1, 0.15) is 11.5 Å². The minimum absolute atomic E-state index is 0.103. The highest BCUT2D eigenvalue weighted by molar-refractivity contribution is 6.39. The first-order valence-corrected chi connectivity index (χ1v) is 8.64. The van der Waals surface area contributed by atoms with Crippen molar-refractivity contribution in [3.63, 3.8) is 0 Å². The van der Waals surface area contributed by atoms with E-state index in [0.29, 0.717) is 40.3 Å². The predicted molar refractivity (Wildman–Crippen MR) is 98.3 cm³/mol. The zero-order valence-electron chi connectivity index (χ0n) is 13.7. The van der Waals surface area contributed by atoms with Crippen molar-refractivity contribution >= 4 is 40.6 Å². The summed E-state index contributed by atoms with van der Waals surface area (Å²) >= 11 is 12.2. The summed E-state index contributed by atoms with van der Waals surface area (Å²) in [6.45, 7) is 5.51. The van der Waals surface area contributed by atoms with Crippen molar-refractivity contribution in [3.8, 4) is 0 Å². The smallest absolute Gasteiger partial charge is 0.274 e. The quantitative estimate of drug-likeness (QED) is 0.765. The van der Waals surface area contributed by atoms with E-state index < -0.39 is 0 Å². The summed E-state index contributed by atoms with van der Waals surface area (Å²) in [6.07, 6.45) is 4.78. The van der Waals surface area contributed by atoms with Crippen LogP contribution >= 0.6 is 23.2 Å². The first kappa shape index (κ1) is 18.5. The second-order valence-corrected chi connectivity index (χ2v) is 6.12. The van der Waals surface area contributed by atoms with Crippen LogP contribution in [0.25, 0.3) is 0 Å². The minimum atomic E-state index is -0.103. The molecule has 1 heterocycles. The zero-order valence-corrected chi connectivity index (χ0v) is 15.2. The van der Waals surface area contributed by atoms with Gasteiger partial charge in [-0.2, -0.15) is 0 Å². The van der Waals surface area contributed by atoms with Crippen molar-refractivity contribution in [2.24, 2.45) is 0 Å². The molecule has 2 rings (SSSR count). The number of rotatable bonds is 7. The number of aromatic nitrogens is 2. The Hall–Kier alpha value is -1.85. The fraction of sp³-hybridized carbons (Fsp3) is 0.353. The fourth-order valence-corrected chi connectivity index (χ4v) is 2.76. The number of hydrogen-bond acceptors (Lipinski definition) is 4. The van der Waals surface area contributed by atoms with Crippen LogP contribution in [0.1, 0.15) is 37.2 Å². The molecule has 0 bridgehead atoms. The number of amides is 1. The second-order valence-electron chi connectivity index (χ2n) is 5.30. The highest BCUT2D eigenvalue weighted by atomic mass is 35.5. The molecule has 0 spiro atoms. The number of nitrogens with one attached hydrogen (secondary N) is 1. The third-order valence-corrected chi connectivity index (χ3v) is 3.99. The van der Waals surface area contributed by atoms with Gasteiger partial charge < -0.3 is 10.2 Å². The van der Waals surface area contributed by atoms with E-state index in [0.717, 1.165) is 12.8 Å². The molecule has 24 heavy (non-hydrogen) atoms. The van der Waals surface area contributed by atoms with Crippen LogP contribution < -0.4 is 5.32 Å². The van der Waals surface area contributed by atoms with E-state index in [1.165, 1.54) is 12.4 Å². The minimum Gasteiger partial charge on any atom is -0.337 e. The lowest BCUT2D eigenvalue weighted by Crippen LogP contribution is -2.33. The molecule has 0 saturated carbocycles. The van der Waals surface area contributed by atoms with Crippen LogP contribution in [0.15, 0.2) is 30.6 Å². The number of carbonyl (C=O) groups excluding carboxylic acids is 1. The molecule has 0 fully saturated rings. The summed E-state index contributed by atoms with van der Waals surface area (Å²) < 4.78 is 0. The lowest BCUT2D eigenvalue weighted by molar-refractivity contribution is 0.0749. The van der Waals surface area contributed by atoms with Crippen molar-refractivity contribution in [3.05, 3.63) is 46.3 Å². The lowest BCUT2D eigenvalue weighted by atomic mass is 10.3. The highest BCUT2D eigenvalue weighted by Crippen LogP contribution is 2.31. The number of nitrogens with zero attached hydrogens (tertiary/aromatic N) is 3. The van der Waals surface area contributed by atoms with Gasteiger partial charge >= 0.3 is 0 Å². The van der Waals surface area contributed by atoms with Crippen LogP contribution in [0.2, 0.25) is 10.0 Å². The number of benzene rings is 1. The topological polar surface area (TPSA) is 58.1 Å². The normalized spacial score (nSPS) is 10.5. The highest BCUT2D eigenvalue weighted by Gasteiger charge is 2.16. The van der Waals surface area contributed by atoms with Crippen LogP contribution in [0.5, 0.6) is 0 Å². The Morgan fingerprint density at radius 3 is 2.21 bits per heavy atom. The van der Waals surface area contributed by atoms with Crippen LogP contribution in [0, 0.1) is 0 Å². The maximum Gasteiger partial charge on any atom is 0.274 e. The summed E-state index contributed by atoms with van der Waals surface area (Å²) in [7, 11) is 0. The summed E-state index contributed by atoms with van der Waals surface area (Å²) in [5.41, 5.74) is 0.889. The number of carbonyl (C=O) groups is 1. The zero-order chi connectivity index (χ0) is 17.5. The first-order valence-electron chi connectivity index (χ1n) is 7.89. The van der Waals surface area contributed by atoms with Gasteiger partial charge in [0, 0.05) is 13.1 Å². The van der Waals surface area contributed by atoms with Crippen LogP contribution in [-0.4, -0.2) is 33.9 Å². The molecule has 1 amide bonds. The van der Waals surface area contributed by atoms with Crippen molar-refractivity contribution in [2.75, 3.05) is 18.4 Å². The molecule has 0 radical (unpaired) electrons. The van der Waals surface area contributed by atoms with Gasteiger partial charge in [-0.3, -0.25) is 4.79 Å². The van der Waals surface area contributed by atoms with Gasteiger partial charge in [-0.25, -0.2) is 9.97 Å². The molecule has 0 aliphatic heterocycles. The molecule has 0 atom stereocenters. The molecule has 128 valence electrons. The Morgan fingerprint density at radius 2 is 1.71 bits per heavy atom. The average Bonchev–Trinajstić information content (AvgIpc) is 2.58. The summed E-state index contributed by atoms with van der Waals surface area (Å²) in [5, 5.41) is 4.00. The van der Waals surface area contributed by atoms with E-state index in [9.17, 15) is 4.79 Å². The van der Waals surface area contributed by atoms with Crippen LogP contribution in [0.3, 0.4) is 0 Å². The van der Waals surface area contributed by atoms with Gasteiger partial charge in [0.15, 0.2) is 0 Å². The van der Waals surface area contributed by atoms with Gasteiger partial charge in [-0.15, -0.1) is 0 Å². The molecule has 1 aromatic carbocycles. The molecular formula is C17H20Cl2N4O. The van der Waals surface area contributed by atoms with Gasteiger partial charge in [0.2, 0.25) is 0 Å². The van der Waals surface area contributed by atoms with E-state index in [1.807, 2.05) is 13.8 Å². The number of para-hydroxylation sites is 1. The molecule has 1 aromatic heterocycles. The Labute approximate surface area is 152 Å². The number of halogens is 2. The molecule has 1 N–H and O–H groups in total. The van der Waals surface area contributed by atoms with E-state index in [-0.39, 0.29) is 5.91 Å². The van der Waals surface area contributed by atoms with E-state index in [1.54, 1.807) is 23.1 Å². The van der Waals surface area contributed by atoms with E-state index in [2.05, 4.69) is 15.3 Å². The van der Waals surface area contributed by atoms with E-state index >= 15 is 0 Å². The van der Waals surface area contributed by atoms with Gasteiger partial charge in [0.05, 0.1) is 28.1 Å². The van der Waals surface area contributed by atoms with Crippen molar-refractivity contribution in [2.45, 2.75) is 26.7 Å². The van der Waals surface area contributed by atoms with Gasteiger partial charge in [0.25, 0.3) is 5.91 Å². The number of anilines is 2. The average molecular weight is 367 g/mol. The fourth-order valence-electron chi connectivity index (χ4n) is 2.27. The third kappa shape index (κ3) is 4.58. The maximum absolute atomic E-state index is 12.5. The molecule has 0 saturated heterocycles. The maximum atomic E-state index is 12.5. The molecule has 7 heteroatoms. The molecule has 0 aliphatic rings. The standard InChI is InChI=1S/C17H20Cl2N4O/c1-3-8-23(9-4-2)17(24)14-10-21-15(11-20-14)22-16-12(18)6-5-7-13(16)19/h5-7,10-11H,3-4,8-9H2,1-2H3,(H,21,22). The largest absolute Gasteiger partial charge is 0.337 e. The molecular weight excluding hydrogens is 347 g/mol. The Morgan fingerprint density at radius 1 is 1.08 bits per heavy atom. The SMILES string of the molecule is CCCN(CCC)C(=O)c1cnc(Nc2c(Cl)cccc2Cl)cn1. The van der Waals surface area contributed by atoms with Gasteiger partial charge in [-0.05, 0) is 25.0 Å². The first-order chi connectivity index (χ1) is 11.6. The monoisotopic (exact) mass is 366 g/mol. The molecule has 0 unspecified atom stereocenters. The summed E-state index contributed by atoms with van der Waals surface area (Å²) in [4.78, 5) is 22.7. The Bertz CT molecular complexity index is 665. The summed E-state index contributed by atoms with van der Waals surface area (Å²) in [5.74, 6) is 0.368. The Kier molecular flexibility index (Phi) is 6.82. The van der Waals surface area contributed by atoms with Gasteiger partial charge in [-0.1, -0.05) is 43.1 Å². The van der Waals surface area contributed by atoms with Crippen molar-refractivity contribution in [1.82, 2.24) is 14.9 Å². The van der Waals surface area contributed by atoms with Crippen LogP contribution in [0.4, 0.5) is 11.5 Å².